The molecule has 8 nitrogen and oxygen atoms in total. The Morgan fingerprint density at radius 2 is 1.77 bits per heavy atom. The van der Waals surface area contributed by atoms with Gasteiger partial charge >= 0.3 is 6.09 Å². The van der Waals surface area contributed by atoms with Crippen molar-refractivity contribution in [3.63, 3.8) is 0 Å². The lowest BCUT2D eigenvalue weighted by molar-refractivity contribution is -0.384. The number of aliphatic hydroxyl groups is 1. The van der Waals surface area contributed by atoms with Crippen LogP contribution >= 0.6 is 11.9 Å². The average Bonchev–Trinajstić information content (AvgIpc) is 2.67. The molecule has 30 heavy (non-hydrogen) atoms. The van der Waals surface area contributed by atoms with E-state index < -0.39 is 23.2 Å². The van der Waals surface area contributed by atoms with Crippen LogP contribution in [0.2, 0.25) is 0 Å². The Bertz CT molecular complexity index is 817. The summed E-state index contributed by atoms with van der Waals surface area (Å²) < 4.78 is 1.96. The van der Waals surface area contributed by atoms with Crippen molar-refractivity contribution in [3.8, 4) is 0 Å². The van der Waals surface area contributed by atoms with E-state index in [1.165, 1.54) is 24.1 Å². The highest BCUT2D eigenvalue weighted by atomic mass is 32.2. The number of nitro benzene ring substituents is 1. The van der Waals surface area contributed by atoms with Gasteiger partial charge in [-0.15, -0.1) is 0 Å². The van der Waals surface area contributed by atoms with E-state index in [1.54, 1.807) is 12.1 Å². The largest absolute Gasteiger partial charge is 0.465 e. The molecule has 2 aromatic rings. The van der Waals surface area contributed by atoms with E-state index in [0.717, 1.165) is 10.5 Å². The molecular weight excluding hydrogens is 406 g/mol. The summed E-state index contributed by atoms with van der Waals surface area (Å²) in [4.78, 5) is 22.4. The Kier molecular flexibility index (Phi) is 9.10. The van der Waals surface area contributed by atoms with Gasteiger partial charge in [-0.1, -0.05) is 44.2 Å². The zero-order chi connectivity index (χ0) is 22.1. The summed E-state index contributed by atoms with van der Waals surface area (Å²) in [6.07, 6.45) is -1.76. The fourth-order valence-electron chi connectivity index (χ4n) is 2.98. The van der Waals surface area contributed by atoms with Crippen molar-refractivity contribution in [1.29, 1.82) is 0 Å². The van der Waals surface area contributed by atoms with Gasteiger partial charge in [-0.3, -0.25) is 10.1 Å². The van der Waals surface area contributed by atoms with E-state index in [9.17, 15) is 25.1 Å². The second-order valence-electron chi connectivity index (χ2n) is 7.40. The average molecular weight is 434 g/mol. The third-order valence-corrected chi connectivity index (χ3v) is 5.35. The number of rotatable bonds is 11. The third kappa shape index (κ3) is 8.02. The smallest absolute Gasteiger partial charge is 0.404 e. The highest BCUT2D eigenvalue weighted by Gasteiger charge is 2.25. The maximum Gasteiger partial charge on any atom is 0.404 e. The predicted molar refractivity (Wildman–Crippen MR) is 116 cm³/mol. The van der Waals surface area contributed by atoms with E-state index in [2.05, 4.69) is 5.32 Å². The minimum atomic E-state index is -1.19. The topological polar surface area (TPSA) is 116 Å². The van der Waals surface area contributed by atoms with Gasteiger partial charge < -0.3 is 15.5 Å². The zero-order valence-corrected chi connectivity index (χ0v) is 17.8. The van der Waals surface area contributed by atoms with Crippen LogP contribution in [0.4, 0.5) is 10.5 Å². The monoisotopic (exact) mass is 433 g/mol. The minimum Gasteiger partial charge on any atom is -0.465 e. The van der Waals surface area contributed by atoms with E-state index in [0.29, 0.717) is 18.9 Å². The quantitative estimate of drug-likeness (QED) is 0.280. The van der Waals surface area contributed by atoms with Gasteiger partial charge in [0.25, 0.3) is 5.69 Å². The highest BCUT2D eigenvalue weighted by Crippen LogP contribution is 2.26. The number of non-ortho nitro benzene ring substituents is 1. The van der Waals surface area contributed by atoms with Crippen LogP contribution in [0.3, 0.4) is 0 Å². The van der Waals surface area contributed by atoms with E-state index in [1.807, 2.05) is 48.5 Å². The van der Waals surface area contributed by atoms with Crippen molar-refractivity contribution in [3.05, 3.63) is 70.3 Å². The summed E-state index contributed by atoms with van der Waals surface area (Å²) in [6, 6.07) is 14.9. The number of amides is 1. The van der Waals surface area contributed by atoms with Gasteiger partial charge in [0.2, 0.25) is 0 Å². The molecule has 9 heteroatoms. The fraction of sp³-hybridized carbons (Fsp3) is 0.381. The molecular formula is C21H27N3O5S. The molecule has 2 atom stereocenters. The normalized spacial score (nSPS) is 13.2. The fourth-order valence-corrected chi connectivity index (χ4v) is 4.14. The molecule has 162 valence electrons. The summed E-state index contributed by atoms with van der Waals surface area (Å²) in [5.41, 5.74) is 0.942. The van der Waals surface area contributed by atoms with Crippen LogP contribution in [0.5, 0.6) is 0 Å². The second kappa shape index (κ2) is 11.5. The molecule has 0 aliphatic rings. The van der Waals surface area contributed by atoms with Crippen molar-refractivity contribution in [2.24, 2.45) is 5.92 Å². The van der Waals surface area contributed by atoms with Gasteiger partial charge in [-0.2, -0.15) is 0 Å². The second-order valence-corrected chi connectivity index (χ2v) is 8.57. The number of hydrogen-bond acceptors (Lipinski definition) is 6. The Hall–Kier alpha value is -2.62. The molecule has 0 saturated carbocycles. The lowest BCUT2D eigenvalue weighted by Crippen LogP contribution is -2.48. The SMILES string of the molecule is CC(C)CN(C[C@@H](O)[C@H](Cc1ccccc1)NC(=O)O)Sc1ccc([N+](=O)[O-])cc1. The van der Waals surface area contributed by atoms with Crippen molar-refractivity contribution < 1.29 is 19.9 Å². The van der Waals surface area contributed by atoms with Crippen molar-refractivity contribution in [2.45, 2.75) is 37.3 Å². The first kappa shape index (κ1) is 23.7. The zero-order valence-electron chi connectivity index (χ0n) is 17.0. The summed E-state index contributed by atoms with van der Waals surface area (Å²) >= 11 is 1.38. The van der Waals surface area contributed by atoms with Crippen LogP contribution < -0.4 is 5.32 Å². The molecule has 0 unspecified atom stereocenters. The van der Waals surface area contributed by atoms with E-state index in [-0.39, 0.29) is 12.2 Å². The summed E-state index contributed by atoms with van der Waals surface area (Å²) in [7, 11) is 0. The molecule has 0 aliphatic heterocycles. The maximum absolute atomic E-state index is 11.2. The molecule has 0 radical (unpaired) electrons. The summed E-state index contributed by atoms with van der Waals surface area (Å²) in [5, 5.41) is 33.3. The minimum absolute atomic E-state index is 0.0170. The number of benzene rings is 2. The molecule has 1 amide bonds. The Morgan fingerprint density at radius 3 is 2.30 bits per heavy atom. The number of nitrogens with one attached hydrogen (secondary N) is 1. The van der Waals surface area contributed by atoms with Crippen LogP contribution in [0.1, 0.15) is 19.4 Å². The number of carboxylic acid groups (broad SMARTS) is 1. The summed E-state index contributed by atoms with van der Waals surface area (Å²) in [5.74, 6) is 0.308. The highest BCUT2D eigenvalue weighted by molar-refractivity contribution is 7.97. The van der Waals surface area contributed by atoms with Crippen LogP contribution in [-0.2, 0) is 6.42 Å². The van der Waals surface area contributed by atoms with Crippen LogP contribution in [0.15, 0.2) is 59.5 Å². The predicted octanol–water partition coefficient (Wildman–Crippen LogP) is 3.80. The molecule has 0 saturated heterocycles. The third-order valence-electron chi connectivity index (χ3n) is 4.31. The van der Waals surface area contributed by atoms with Crippen molar-refractivity contribution in [1.82, 2.24) is 9.62 Å². The molecule has 3 N–H and O–H groups in total. The van der Waals surface area contributed by atoms with Crippen LogP contribution in [0, 0.1) is 16.0 Å². The number of nitro groups is 1. The molecule has 2 rings (SSSR count). The molecule has 0 spiro atoms. The van der Waals surface area contributed by atoms with Gasteiger partial charge in [-0.25, -0.2) is 9.10 Å². The van der Waals surface area contributed by atoms with E-state index >= 15 is 0 Å². The van der Waals surface area contributed by atoms with E-state index in [4.69, 9.17) is 0 Å². The molecule has 0 fully saturated rings. The Balaban J connectivity index is 2.10. The van der Waals surface area contributed by atoms with Gasteiger partial charge in [0.05, 0.1) is 17.1 Å². The van der Waals surface area contributed by atoms with Crippen molar-refractivity contribution >= 4 is 23.7 Å². The first-order chi connectivity index (χ1) is 14.2. The first-order valence-electron chi connectivity index (χ1n) is 9.63. The summed E-state index contributed by atoms with van der Waals surface area (Å²) in [6.45, 7) is 4.99. The Morgan fingerprint density at radius 1 is 1.13 bits per heavy atom. The number of carbonyl (C=O) groups is 1. The van der Waals surface area contributed by atoms with Gasteiger partial charge in [0, 0.05) is 30.1 Å². The van der Waals surface area contributed by atoms with Gasteiger partial charge in [0.15, 0.2) is 0 Å². The molecule has 2 aromatic carbocycles. The molecule has 0 aromatic heterocycles. The number of aliphatic hydroxyl groups excluding tert-OH is 1. The lowest BCUT2D eigenvalue weighted by Gasteiger charge is -2.29. The molecule has 0 heterocycles. The first-order valence-corrected chi connectivity index (χ1v) is 10.4. The number of nitrogens with zero attached hydrogens (tertiary/aromatic N) is 2. The van der Waals surface area contributed by atoms with Gasteiger partial charge in [-0.05, 0) is 42.0 Å². The van der Waals surface area contributed by atoms with Crippen molar-refractivity contribution in [2.75, 3.05) is 13.1 Å². The Labute approximate surface area is 180 Å². The van der Waals surface area contributed by atoms with Crippen LogP contribution in [0.25, 0.3) is 0 Å². The van der Waals surface area contributed by atoms with Crippen LogP contribution in [-0.4, -0.2) is 50.8 Å². The van der Waals surface area contributed by atoms with Gasteiger partial charge in [0.1, 0.15) is 0 Å². The standard InChI is InChI=1S/C21H27N3O5S/c1-15(2)13-23(30-18-10-8-17(9-11-18)24(28)29)14-20(25)19(22-21(26)27)12-16-6-4-3-5-7-16/h3-11,15,19-20,22,25H,12-14H2,1-2H3,(H,26,27)/t19-,20+/m0/s1. The molecule has 0 bridgehead atoms. The maximum atomic E-state index is 11.2. The lowest BCUT2D eigenvalue weighted by atomic mass is 10.0. The molecule has 0 aliphatic carbocycles. The number of hydrogen-bond donors (Lipinski definition) is 3.